The minimum atomic E-state index is -1.12. The zero-order valence-corrected chi connectivity index (χ0v) is 6.77. The van der Waals surface area contributed by atoms with Crippen LogP contribution in [-0.2, 0) is 4.79 Å². The molecular formula is C9H13FO. The van der Waals surface area contributed by atoms with Gasteiger partial charge in [-0.1, -0.05) is 25.7 Å². The van der Waals surface area contributed by atoms with E-state index in [0.717, 1.165) is 19.3 Å². The highest BCUT2D eigenvalue weighted by Crippen LogP contribution is 2.04. The highest BCUT2D eigenvalue weighted by atomic mass is 19.1. The Hall–Kier alpha value is -0.840. The van der Waals surface area contributed by atoms with E-state index in [-0.39, 0.29) is 0 Å². The maximum atomic E-state index is 12.6. The van der Waals surface area contributed by atoms with Crippen molar-refractivity contribution in [3.8, 4) is 11.8 Å². The molecule has 62 valence electrons. The van der Waals surface area contributed by atoms with Crippen LogP contribution in [0.5, 0.6) is 0 Å². The fraction of sp³-hybridized carbons (Fsp3) is 0.667. The fourth-order valence-electron chi connectivity index (χ4n) is 0.770. The minimum Gasteiger partial charge on any atom is -0.289 e. The van der Waals surface area contributed by atoms with E-state index in [1.54, 1.807) is 0 Å². The van der Waals surface area contributed by atoms with Gasteiger partial charge < -0.3 is 0 Å². The molecule has 0 aliphatic carbocycles. The molecule has 0 heterocycles. The Kier molecular flexibility index (Phi) is 6.71. The van der Waals surface area contributed by atoms with Crippen LogP contribution >= 0.6 is 0 Å². The van der Waals surface area contributed by atoms with E-state index in [1.165, 1.54) is 0 Å². The Bertz CT molecular complexity index is 155. The summed E-state index contributed by atoms with van der Waals surface area (Å²) < 4.78 is 12.6. The van der Waals surface area contributed by atoms with E-state index in [9.17, 15) is 9.18 Å². The number of unbranched alkanes of at least 4 members (excludes halogenated alkanes) is 2. The monoisotopic (exact) mass is 156 g/mol. The Balaban J connectivity index is 3.36. The third-order valence-corrected chi connectivity index (χ3v) is 1.36. The van der Waals surface area contributed by atoms with Gasteiger partial charge in [0.1, 0.15) is 0 Å². The molecular weight excluding hydrogens is 143 g/mol. The molecule has 1 atom stereocenters. The second-order valence-corrected chi connectivity index (χ2v) is 2.37. The molecule has 0 fully saturated rings. The van der Waals surface area contributed by atoms with Crippen molar-refractivity contribution in [1.82, 2.24) is 0 Å². The Morgan fingerprint density at radius 3 is 2.82 bits per heavy atom. The van der Waals surface area contributed by atoms with Crippen LogP contribution in [-0.4, -0.2) is 12.5 Å². The van der Waals surface area contributed by atoms with Gasteiger partial charge in [-0.2, -0.15) is 0 Å². The summed E-state index contributed by atoms with van der Waals surface area (Å²) in [6.45, 7) is 2.06. The molecule has 11 heavy (non-hydrogen) atoms. The summed E-state index contributed by atoms with van der Waals surface area (Å²) in [6.07, 6.45) is 2.72. The van der Waals surface area contributed by atoms with E-state index in [1.807, 2.05) is 0 Å². The summed E-state index contributed by atoms with van der Waals surface area (Å²) in [5.41, 5.74) is 0. The van der Waals surface area contributed by atoms with Gasteiger partial charge in [0.05, 0.1) is 0 Å². The van der Waals surface area contributed by atoms with Gasteiger partial charge in [0.2, 0.25) is 0 Å². The predicted molar refractivity (Wildman–Crippen MR) is 42.9 cm³/mol. The Morgan fingerprint density at radius 2 is 2.27 bits per heavy atom. The normalized spacial score (nSPS) is 11.5. The van der Waals surface area contributed by atoms with Crippen molar-refractivity contribution in [2.24, 2.45) is 0 Å². The summed E-state index contributed by atoms with van der Waals surface area (Å²) in [5, 5.41) is 0. The van der Waals surface area contributed by atoms with Gasteiger partial charge in [0, 0.05) is 0 Å². The minimum absolute atomic E-state index is 0.423. The summed E-state index contributed by atoms with van der Waals surface area (Å²) in [5.74, 6) is 4.28. The SMILES string of the molecule is CCCCC[C@H](F)C#CC=O. The van der Waals surface area contributed by atoms with Crippen molar-refractivity contribution >= 4 is 6.29 Å². The molecule has 0 rings (SSSR count). The number of carbonyl (C=O) groups is 1. The van der Waals surface area contributed by atoms with Crippen LogP contribution in [0.25, 0.3) is 0 Å². The first-order valence-electron chi connectivity index (χ1n) is 3.90. The number of halogens is 1. The molecule has 0 aliphatic heterocycles. The van der Waals surface area contributed by atoms with Crippen LogP contribution in [0.15, 0.2) is 0 Å². The van der Waals surface area contributed by atoms with Gasteiger partial charge in [0.25, 0.3) is 0 Å². The van der Waals surface area contributed by atoms with E-state index in [0.29, 0.717) is 12.7 Å². The van der Waals surface area contributed by atoms with E-state index in [2.05, 4.69) is 18.8 Å². The van der Waals surface area contributed by atoms with Crippen molar-refractivity contribution < 1.29 is 9.18 Å². The van der Waals surface area contributed by atoms with Crippen LogP contribution in [0, 0.1) is 11.8 Å². The van der Waals surface area contributed by atoms with Crippen LogP contribution in [0.4, 0.5) is 4.39 Å². The van der Waals surface area contributed by atoms with Crippen LogP contribution in [0.3, 0.4) is 0 Å². The van der Waals surface area contributed by atoms with Crippen molar-refractivity contribution in [3.05, 3.63) is 0 Å². The fourth-order valence-corrected chi connectivity index (χ4v) is 0.770. The second kappa shape index (κ2) is 7.27. The lowest BCUT2D eigenvalue weighted by atomic mass is 10.1. The van der Waals surface area contributed by atoms with Crippen LogP contribution in [0.1, 0.15) is 32.6 Å². The number of alkyl halides is 1. The second-order valence-electron chi connectivity index (χ2n) is 2.37. The first kappa shape index (κ1) is 10.2. The predicted octanol–water partition coefficient (Wildman–Crippen LogP) is 2.11. The van der Waals surface area contributed by atoms with Gasteiger partial charge in [-0.3, -0.25) is 4.79 Å². The number of rotatable bonds is 4. The largest absolute Gasteiger partial charge is 0.289 e. The van der Waals surface area contributed by atoms with Gasteiger partial charge in [-0.15, -0.1) is 0 Å². The van der Waals surface area contributed by atoms with E-state index in [4.69, 9.17) is 0 Å². The van der Waals surface area contributed by atoms with E-state index >= 15 is 0 Å². The lowest BCUT2D eigenvalue weighted by Gasteiger charge is -1.97. The molecule has 0 bridgehead atoms. The number of carbonyl (C=O) groups excluding carboxylic acids is 1. The lowest BCUT2D eigenvalue weighted by molar-refractivity contribution is -0.103. The lowest BCUT2D eigenvalue weighted by Crippen LogP contribution is -1.95. The smallest absolute Gasteiger partial charge is 0.192 e. The van der Waals surface area contributed by atoms with Gasteiger partial charge in [-0.25, -0.2) is 4.39 Å². The molecule has 2 heteroatoms. The van der Waals surface area contributed by atoms with Crippen molar-refractivity contribution in [2.75, 3.05) is 0 Å². The summed E-state index contributed by atoms with van der Waals surface area (Å²) in [6, 6.07) is 0. The average molecular weight is 156 g/mol. The number of hydrogen-bond acceptors (Lipinski definition) is 1. The molecule has 0 spiro atoms. The van der Waals surface area contributed by atoms with E-state index < -0.39 is 6.17 Å². The van der Waals surface area contributed by atoms with Gasteiger partial charge in [0.15, 0.2) is 12.5 Å². The molecule has 0 aromatic rings. The molecule has 0 amide bonds. The molecule has 0 aromatic heterocycles. The molecule has 0 aromatic carbocycles. The summed E-state index contributed by atoms with van der Waals surface area (Å²) >= 11 is 0. The standard InChI is InChI=1S/C9H13FO/c1-2-3-4-6-9(10)7-5-8-11/h8-9H,2-4,6H2,1H3/t9-/m0/s1. The molecule has 0 aliphatic rings. The van der Waals surface area contributed by atoms with Crippen LogP contribution in [0.2, 0.25) is 0 Å². The maximum Gasteiger partial charge on any atom is 0.192 e. The molecule has 0 saturated heterocycles. The Labute approximate surface area is 67.0 Å². The Morgan fingerprint density at radius 1 is 1.55 bits per heavy atom. The topological polar surface area (TPSA) is 17.1 Å². The van der Waals surface area contributed by atoms with Crippen molar-refractivity contribution in [2.45, 2.75) is 38.8 Å². The zero-order chi connectivity index (χ0) is 8.53. The highest BCUT2D eigenvalue weighted by molar-refractivity contribution is 5.72. The summed E-state index contributed by atoms with van der Waals surface area (Å²) in [7, 11) is 0. The first-order valence-corrected chi connectivity index (χ1v) is 3.90. The third-order valence-electron chi connectivity index (χ3n) is 1.36. The quantitative estimate of drug-likeness (QED) is 0.346. The molecule has 0 unspecified atom stereocenters. The van der Waals surface area contributed by atoms with Crippen molar-refractivity contribution in [1.29, 1.82) is 0 Å². The number of hydrogen-bond donors (Lipinski definition) is 0. The third kappa shape index (κ3) is 7.05. The highest BCUT2D eigenvalue weighted by Gasteiger charge is 1.99. The molecule has 0 saturated carbocycles. The zero-order valence-electron chi connectivity index (χ0n) is 6.77. The van der Waals surface area contributed by atoms with Gasteiger partial charge in [-0.05, 0) is 18.8 Å². The first-order chi connectivity index (χ1) is 5.31. The molecule has 0 N–H and O–H groups in total. The molecule has 0 radical (unpaired) electrons. The summed E-state index contributed by atoms with van der Waals surface area (Å²) in [4.78, 5) is 9.70. The number of aldehydes is 1. The van der Waals surface area contributed by atoms with Crippen LogP contribution < -0.4 is 0 Å². The molecule has 1 nitrogen and oxygen atoms in total. The average Bonchev–Trinajstić information content (AvgIpc) is 2.01. The van der Waals surface area contributed by atoms with Crippen molar-refractivity contribution in [3.63, 3.8) is 0 Å². The maximum absolute atomic E-state index is 12.6. The van der Waals surface area contributed by atoms with Gasteiger partial charge >= 0.3 is 0 Å².